The number of nitrogens with zero attached hydrogens (tertiary/aromatic N) is 3. The Morgan fingerprint density at radius 2 is 1.68 bits per heavy atom. The molecule has 4 unspecified atom stereocenters. The number of benzene rings is 1. The number of nitrogens with one attached hydrogen (secondary N) is 1. The van der Waals surface area contributed by atoms with Gasteiger partial charge in [0.1, 0.15) is 5.52 Å². The number of aromatic nitrogens is 3. The Hall–Kier alpha value is -1.71. The van der Waals surface area contributed by atoms with Crippen LogP contribution in [0.1, 0.15) is 19.3 Å². The van der Waals surface area contributed by atoms with Crippen molar-refractivity contribution in [3.63, 3.8) is 0 Å². The first kappa shape index (κ1) is 10.1. The molecule has 5 rings (SSSR count). The standard InChI is InChI=1S/C15H16N4/c1-2-4-11-10(3-1)16-15(19-18-11)17-14-12-8-5-6-9(7-8)13(12)14/h1-4,8-9,12-14H,5-7H2,(H,16,17,19). The first-order valence-corrected chi connectivity index (χ1v) is 7.26. The number of anilines is 1. The van der Waals surface area contributed by atoms with Crippen LogP contribution in [0.4, 0.5) is 5.95 Å². The van der Waals surface area contributed by atoms with E-state index in [2.05, 4.69) is 20.5 Å². The molecule has 4 nitrogen and oxygen atoms in total. The summed E-state index contributed by atoms with van der Waals surface area (Å²) in [4.78, 5) is 4.57. The molecule has 4 heteroatoms. The summed E-state index contributed by atoms with van der Waals surface area (Å²) in [7, 11) is 0. The second kappa shape index (κ2) is 3.44. The molecule has 2 aromatic rings. The molecular weight excluding hydrogens is 236 g/mol. The van der Waals surface area contributed by atoms with Gasteiger partial charge in [0, 0.05) is 6.04 Å². The van der Waals surface area contributed by atoms with Gasteiger partial charge in [-0.3, -0.25) is 0 Å². The topological polar surface area (TPSA) is 50.7 Å². The van der Waals surface area contributed by atoms with Crippen molar-refractivity contribution in [3.8, 4) is 0 Å². The minimum absolute atomic E-state index is 0.620. The number of hydrogen-bond acceptors (Lipinski definition) is 4. The smallest absolute Gasteiger partial charge is 0.243 e. The number of rotatable bonds is 2. The molecule has 4 atom stereocenters. The van der Waals surface area contributed by atoms with Crippen molar-refractivity contribution in [2.45, 2.75) is 25.3 Å². The van der Waals surface area contributed by atoms with E-state index in [4.69, 9.17) is 0 Å². The largest absolute Gasteiger partial charge is 0.350 e. The van der Waals surface area contributed by atoms with E-state index in [1.54, 1.807) is 0 Å². The van der Waals surface area contributed by atoms with Crippen molar-refractivity contribution in [2.24, 2.45) is 23.7 Å². The van der Waals surface area contributed by atoms with E-state index in [1.165, 1.54) is 19.3 Å². The summed E-state index contributed by atoms with van der Waals surface area (Å²) < 4.78 is 0. The van der Waals surface area contributed by atoms with Crippen LogP contribution >= 0.6 is 0 Å². The quantitative estimate of drug-likeness (QED) is 0.892. The monoisotopic (exact) mass is 252 g/mol. The van der Waals surface area contributed by atoms with Gasteiger partial charge in [0.05, 0.1) is 5.52 Å². The van der Waals surface area contributed by atoms with Crippen LogP contribution in [-0.4, -0.2) is 21.2 Å². The Morgan fingerprint density at radius 3 is 2.47 bits per heavy atom. The number of hydrogen-bond donors (Lipinski definition) is 1. The van der Waals surface area contributed by atoms with E-state index in [0.717, 1.165) is 34.7 Å². The highest BCUT2D eigenvalue weighted by molar-refractivity contribution is 5.74. The lowest BCUT2D eigenvalue weighted by Crippen LogP contribution is -2.15. The van der Waals surface area contributed by atoms with E-state index >= 15 is 0 Å². The highest BCUT2D eigenvalue weighted by atomic mass is 15.3. The maximum Gasteiger partial charge on any atom is 0.243 e. The summed E-state index contributed by atoms with van der Waals surface area (Å²) >= 11 is 0. The number of fused-ring (bicyclic) bond motifs is 6. The van der Waals surface area contributed by atoms with E-state index in [-0.39, 0.29) is 0 Å². The van der Waals surface area contributed by atoms with Crippen LogP contribution < -0.4 is 5.32 Å². The van der Waals surface area contributed by atoms with Crippen LogP contribution in [0.5, 0.6) is 0 Å². The molecule has 19 heavy (non-hydrogen) atoms. The third kappa shape index (κ3) is 1.37. The van der Waals surface area contributed by atoms with Gasteiger partial charge in [-0.1, -0.05) is 12.1 Å². The Balaban J connectivity index is 1.41. The van der Waals surface area contributed by atoms with Crippen molar-refractivity contribution >= 4 is 17.0 Å². The fourth-order valence-corrected chi connectivity index (χ4v) is 4.61. The fraction of sp³-hybridized carbons (Fsp3) is 0.533. The van der Waals surface area contributed by atoms with E-state index in [0.29, 0.717) is 12.0 Å². The number of para-hydroxylation sites is 1. The summed E-state index contributed by atoms with van der Waals surface area (Å²) in [5, 5.41) is 12.0. The maximum atomic E-state index is 4.57. The Morgan fingerprint density at radius 1 is 0.947 bits per heavy atom. The lowest BCUT2D eigenvalue weighted by atomic mass is 10.0. The molecule has 0 saturated heterocycles. The molecule has 1 heterocycles. The normalized spacial score (nSPS) is 38.4. The van der Waals surface area contributed by atoms with Crippen LogP contribution in [0.3, 0.4) is 0 Å². The first-order chi connectivity index (χ1) is 9.40. The summed E-state index contributed by atoms with van der Waals surface area (Å²) in [5.41, 5.74) is 1.79. The van der Waals surface area contributed by atoms with Crippen molar-refractivity contribution < 1.29 is 0 Å². The third-order valence-electron chi connectivity index (χ3n) is 5.39. The van der Waals surface area contributed by atoms with Gasteiger partial charge in [-0.15, -0.1) is 10.2 Å². The molecule has 3 aliphatic carbocycles. The minimum Gasteiger partial charge on any atom is -0.350 e. The molecule has 0 amide bonds. The Labute approximate surface area is 111 Å². The molecular formula is C15H16N4. The molecule has 3 fully saturated rings. The lowest BCUT2D eigenvalue weighted by molar-refractivity contribution is 0.456. The van der Waals surface area contributed by atoms with Gasteiger partial charge in [0.25, 0.3) is 0 Å². The van der Waals surface area contributed by atoms with Crippen molar-refractivity contribution in [1.29, 1.82) is 0 Å². The zero-order chi connectivity index (χ0) is 12.4. The second-order valence-corrected chi connectivity index (χ2v) is 6.28. The molecule has 3 saturated carbocycles. The molecule has 0 aliphatic heterocycles. The van der Waals surface area contributed by atoms with Gasteiger partial charge < -0.3 is 5.32 Å². The van der Waals surface area contributed by atoms with Crippen LogP contribution in [0.2, 0.25) is 0 Å². The summed E-state index contributed by atoms with van der Waals surface area (Å²) in [5.74, 6) is 4.45. The summed E-state index contributed by atoms with van der Waals surface area (Å²) in [6.45, 7) is 0. The van der Waals surface area contributed by atoms with Gasteiger partial charge in [0.15, 0.2) is 0 Å². The Bertz CT molecular complexity index is 639. The summed E-state index contributed by atoms with van der Waals surface area (Å²) in [6, 6.07) is 8.52. The molecule has 2 bridgehead atoms. The van der Waals surface area contributed by atoms with E-state index in [9.17, 15) is 0 Å². The fourth-order valence-electron chi connectivity index (χ4n) is 4.61. The van der Waals surface area contributed by atoms with Gasteiger partial charge >= 0.3 is 0 Å². The lowest BCUT2D eigenvalue weighted by Gasteiger charge is -2.10. The molecule has 96 valence electrons. The van der Waals surface area contributed by atoms with Crippen LogP contribution in [0, 0.1) is 23.7 Å². The highest BCUT2D eigenvalue weighted by Crippen LogP contribution is 2.66. The third-order valence-corrected chi connectivity index (χ3v) is 5.39. The molecule has 1 N–H and O–H groups in total. The maximum absolute atomic E-state index is 4.57. The molecule has 3 aliphatic rings. The predicted molar refractivity (Wildman–Crippen MR) is 72.6 cm³/mol. The molecule has 1 aromatic carbocycles. The van der Waals surface area contributed by atoms with Gasteiger partial charge in [-0.2, -0.15) is 0 Å². The zero-order valence-corrected chi connectivity index (χ0v) is 10.7. The van der Waals surface area contributed by atoms with Gasteiger partial charge in [-0.25, -0.2) is 4.98 Å². The Kier molecular flexibility index (Phi) is 1.83. The minimum atomic E-state index is 0.620. The van der Waals surface area contributed by atoms with E-state index in [1.807, 2.05) is 24.3 Å². The second-order valence-electron chi connectivity index (χ2n) is 6.28. The first-order valence-electron chi connectivity index (χ1n) is 7.26. The van der Waals surface area contributed by atoms with E-state index < -0.39 is 0 Å². The predicted octanol–water partition coefficient (Wildman–Crippen LogP) is 2.48. The average molecular weight is 252 g/mol. The van der Waals surface area contributed by atoms with Gasteiger partial charge in [-0.05, 0) is 55.1 Å². The van der Waals surface area contributed by atoms with Gasteiger partial charge in [0.2, 0.25) is 5.95 Å². The molecule has 0 spiro atoms. The van der Waals surface area contributed by atoms with Crippen molar-refractivity contribution in [3.05, 3.63) is 24.3 Å². The van der Waals surface area contributed by atoms with Crippen molar-refractivity contribution in [1.82, 2.24) is 15.2 Å². The highest BCUT2D eigenvalue weighted by Gasteiger charge is 2.65. The average Bonchev–Trinajstić information content (AvgIpc) is 2.85. The van der Waals surface area contributed by atoms with Crippen LogP contribution in [0.25, 0.3) is 11.0 Å². The molecule has 1 aromatic heterocycles. The SMILES string of the molecule is c1ccc2nc(NC3C4C5CCC(C5)C34)nnc2c1. The van der Waals surface area contributed by atoms with Crippen molar-refractivity contribution in [2.75, 3.05) is 5.32 Å². The van der Waals surface area contributed by atoms with Crippen LogP contribution in [0.15, 0.2) is 24.3 Å². The summed E-state index contributed by atoms with van der Waals surface area (Å²) in [6.07, 6.45) is 4.37. The molecule has 0 radical (unpaired) electrons. The zero-order valence-electron chi connectivity index (χ0n) is 10.7. The van der Waals surface area contributed by atoms with Crippen LogP contribution in [-0.2, 0) is 0 Å².